The summed E-state index contributed by atoms with van der Waals surface area (Å²) in [5, 5.41) is 8.44. The normalized spacial score (nSPS) is 16.8. The highest BCUT2D eigenvalue weighted by Gasteiger charge is 2.28. The number of carbonyl (C=O) groups excluding carboxylic acids is 2. The summed E-state index contributed by atoms with van der Waals surface area (Å²) >= 11 is 3.07. The Balaban J connectivity index is 1.45. The summed E-state index contributed by atoms with van der Waals surface area (Å²) in [5.74, 6) is 1.44. The Kier molecular flexibility index (Phi) is 5.25. The van der Waals surface area contributed by atoms with Crippen LogP contribution < -0.4 is 5.32 Å². The molecule has 2 amide bonds. The van der Waals surface area contributed by atoms with Gasteiger partial charge < -0.3 is 14.7 Å². The number of anilines is 1. The van der Waals surface area contributed by atoms with Gasteiger partial charge in [0.05, 0.1) is 17.5 Å². The molecule has 2 aromatic heterocycles. The highest BCUT2D eigenvalue weighted by Crippen LogP contribution is 2.33. The molecule has 6 nitrogen and oxygen atoms in total. The molecule has 0 radical (unpaired) electrons. The van der Waals surface area contributed by atoms with Crippen molar-refractivity contribution in [3.8, 4) is 0 Å². The molecule has 0 spiro atoms. The minimum atomic E-state index is -0.187. The van der Waals surface area contributed by atoms with Gasteiger partial charge in [-0.05, 0) is 37.3 Å². The zero-order valence-corrected chi connectivity index (χ0v) is 15.2. The highest BCUT2D eigenvalue weighted by atomic mass is 32.2. The number of nitrogens with zero attached hydrogens (tertiary/aromatic N) is 2. The molecule has 8 heteroatoms. The van der Waals surface area contributed by atoms with Crippen LogP contribution in [0, 0.1) is 6.92 Å². The first kappa shape index (κ1) is 17.0. The molecule has 0 fully saturated rings. The number of carbonyl (C=O) groups is 2. The fourth-order valence-corrected chi connectivity index (χ4v) is 4.43. The summed E-state index contributed by atoms with van der Waals surface area (Å²) in [6.45, 7) is 4.57. The van der Waals surface area contributed by atoms with Crippen LogP contribution in [-0.2, 0) is 16.0 Å². The molecule has 1 unspecified atom stereocenters. The van der Waals surface area contributed by atoms with Crippen LogP contribution in [0.1, 0.15) is 29.2 Å². The van der Waals surface area contributed by atoms with Crippen LogP contribution >= 0.6 is 23.1 Å². The molecule has 2 aromatic rings. The minimum Gasteiger partial charge on any atom is -0.360 e. The van der Waals surface area contributed by atoms with Crippen molar-refractivity contribution in [2.24, 2.45) is 0 Å². The van der Waals surface area contributed by atoms with Gasteiger partial charge >= 0.3 is 0 Å². The molecule has 1 aliphatic rings. The molecule has 0 aliphatic carbocycles. The third-order valence-electron chi connectivity index (χ3n) is 3.95. The van der Waals surface area contributed by atoms with E-state index in [1.165, 1.54) is 22.2 Å². The maximum Gasteiger partial charge on any atom is 0.235 e. The molecular weight excluding hydrogens is 346 g/mol. The second kappa shape index (κ2) is 7.40. The maximum absolute atomic E-state index is 12.4. The number of amides is 2. The van der Waals surface area contributed by atoms with Gasteiger partial charge in [-0.15, -0.1) is 23.1 Å². The summed E-state index contributed by atoms with van der Waals surface area (Å²) in [6.07, 6.45) is 0.916. The largest absolute Gasteiger partial charge is 0.360 e. The number of hydrogen-bond acceptors (Lipinski definition) is 6. The summed E-state index contributed by atoms with van der Waals surface area (Å²) in [4.78, 5) is 27.5. The summed E-state index contributed by atoms with van der Waals surface area (Å²) in [6, 6.07) is 3.87. The van der Waals surface area contributed by atoms with Gasteiger partial charge in [0.15, 0.2) is 5.82 Å². The van der Waals surface area contributed by atoms with Crippen LogP contribution in [0.4, 0.5) is 5.82 Å². The molecule has 3 heterocycles. The lowest BCUT2D eigenvalue weighted by Gasteiger charge is -2.33. The molecule has 1 N–H and O–H groups in total. The molecule has 0 aromatic carbocycles. The van der Waals surface area contributed by atoms with Gasteiger partial charge in [-0.25, -0.2) is 0 Å². The molecule has 1 aliphatic heterocycles. The Morgan fingerprint density at radius 1 is 1.50 bits per heavy atom. The number of rotatable bonds is 5. The smallest absolute Gasteiger partial charge is 0.235 e. The van der Waals surface area contributed by atoms with E-state index in [1.54, 1.807) is 24.3 Å². The number of thioether (sulfide) groups is 1. The quantitative estimate of drug-likeness (QED) is 0.882. The molecule has 0 bridgehead atoms. The van der Waals surface area contributed by atoms with Gasteiger partial charge in [0.1, 0.15) is 5.76 Å². The Hall–Kier alpha value is -1.80. The van der Waals surface area contributed by atoms with Crippen LogP contribution in [0.15, 0.2) is 22.0 Å². The fraction of sp³-hybridized carbons (Fsp3) is 0.438. The first-order chi connectivity index (χ1) is 11.5. The van der Waals surface area contributed by atoms with Crippen molar-refractivity contribution < 1.29 is 14.1 Å². The lowest BCUT2D eigenvalue weighted by molar-refractivity contribution is -0.130. The van der Waals surface area contributed by atoms with Crippen LogP contribution in [0.5, 0.6) is 0 Å². The average Bonchev–Trinajstić information content (AvgIpc) is 3.16. The summed E-state index contributed by atoms with van der Waals surface area (Å²) < 4.78 is 4.89. The van der Waals surface area contributed by atoms with Gasteiger partial charge in [-0.2, -0.15) is 0 Å². The monoisotopic (exact) mass is 365 g/mol. The molecule has 128 valence electrons. The van der Waals surface area contributed by atoms with Crippen molar-refractivity contribution in [1.82, 2.24) is 10.1 Å². The summed E-state index contributed by atoms with van der Waals surface area (Å²) in [7, 11) is 0. The van der Waals surface area contributed by atoms with Crippen LogP contribution in [-0.4, -0.2) is 39.9 Å². The lowest BCUT2D eigenvalue weighted by atomic mass is 10.0. The number of fused-ring (bicyclic) bond motifs is 1. The average molecular weight is 365 g/mol. The predicted molar refractivity (Wildman–Crippen MR) is 95.3 cm³/mol. The van der Waals surface area contributed by atoms with Crippen molar-refractivity contribution in [3.05, 3.63) is 33.7 Å². The van der Waals surface area contributed by atoms with Crippen molar-refractivity contribution in [1.29, 1.82) is 0 Å². The lowest BCUT2D eigenvalue weighted by Crippen LogP contribution is -2.39. The van der Waals surface area contributed by atoms with Gasteiger partial charge in [0, 0.05) is 17.5 Å². The van der Waals surface area contributed by atoms with E-state index in [9.17, 15) is 9.59 Å². The second-order valence-electron chi connectivity index (χ2n) is 5.68. The molecule has 0 saturated carbocycles. The van der Waals surface area contributed by atoms with Gasteiger partial charge in [-0.3, -0.25) is 9.59 Å². The van der Waals surface area contributed by atoms with Crippen LogP contribution in [0.25, 0.3) is 0 Å². The third-order valence-corrected chi connectivity index (χ3v) is 5.87. The number of aryl methyl sites for hydroxylation is 1. The van der Waals surface area contributed by atoms with E-state index in [4.69, 9.17) is 4.52 Å². The number of aromatic nitrogens is 1. The highest BCUT2D eigenvalue weighted by molar-refractivity contribution is 8.00. The molecule has 1 atom stereocenters. The number of nitrogens with one attached hydrogen (secondary N) is 1. The molecule has 24 heavy (non-hydrogen) atoms. The van der Waals surface area contributed by atoms with E-state index in [2.05, 4.69) is 28.8 Å². The topological polar surface area (TPSA) is 75.4 Å². The molecular formula is C16H19N3O3S2. The van der Waals surface area contributed by atoms with E-state index in [-0.39, 0.29) is 23.6 Å². The van der Waals surface area contributed by atoms with E-state index < -0.39 is 0 Å². The second-order valence-corrected chi connectivity index (χ2v) is 7.66. The Morgan fingerprint density at radius 2 is 2.33 bits per heavy atom. The van der Waals surface area contributed by atoms with Crippen LogP contribution in [0.3, 0.4) is 0 Å². The van der Waals surface area contributed by atoms with E-state index >= 15 is 0 Å². The van der Waals surface area contributed by atoms with Crippen molar-refractivity contribution in [2.45, 2.75) is 26.3 Å². The van der Waals surface area contributed by atoms with Gasteiger partial charge in [-0.1, -0.05) is 5.16 Å². The number of thiophene rings is 1. The zero-order chi connectivity index (χ0) is 17.1. The minimum absolute atomic E-state index is 0.0782. The first-order valence-electron chi connectivity index (χ1n) is 7.71. The maximum atomic E-state index is 12.4. The van der Waals surface area contributed by atoms with Gasteiger partial charge in [0.25, 0.3) is 0 Å². The van der Waals surface area contributed by atoms with Crippen LogP contribution in [0.2, 0.25) is 0 Å². The summed E-state index contributed by atoms with van der Waals surface area (Å²) in [5.41, 5.74) is 1.25. The Labute approximate surface area is 148 Å². The van der Waals surface area contributed by atoms with Crippen molar-refractivity contribution in [2.75, 3.05) is 23.4 Å². The van der Waals surface area contributed by atoms with Crippen molar-refractivity contribution >= 4 is 40.7 Å². The Bertz CT molecular complexity index is 741. The molecule has 0 saturated heterocycles. The van der Waals surface area contributed by atoms with E-state index in [0.717, 1.165) is 13.0 Å². The van der Waals surface area contributed by atoms with Crippen molar-refractivity contribution in [3.63, 3.8) is 0 Å². The Morgan fingerprint density at radius 3 is 3.08 bits per heavy atom. The zero-order valence-electron chi connectivity index (χ0n) is 13.6. The number of hydrogen-bond donors (Lipinski definition) is 1. The SMILES string of the molecule is Cc1cc(NC(=O)CSCC(=O)N2CCc3sccc3C2C)no1. The first-order valence-corrected chi connectivity index (χ1v) is 9.74. The van der Waals surface area contributed by atoms with E-state index in [0.29, 0.717) is 17.3 Å². The van der Waals surface area contributed by atoms with E-state index in [1.807, 2.05) is 4.90 Å². The third kappa shape index (κ3) is 3.81. The van der Waals surface area contributed by atoms with Gasteiger partial charge in [0.2, 0.25) is 11.8 Å². The fourth-order valence-electron chi connectivity index (χ4n) is 2.77. The molecule has 3 rings (SSSR count). The standard InChI is InChI=1S/C16H19N3O3S2/c1-10-7-14(18-22-10)17-15(20)8-23-9-16(21)19-5-3-13-12(11(19)2)4-6-24-13/h4,6-7,11H,3,5,8-9H2,1-2H3,(H,17,18,20). The predicted octanol–water partition coefficient (Wildman–Crippen LogP) is 2.86.